The lowest BCUT2D eigenvalue weighted by Crippen LogP contribution is -2.39. The second kappa shape index (κ2) is 5.94. The van der Waals surface area contributed by atoms with E-state index in [2.05, 4.69) is 20.8 Å². The van der Waals surface area contributed by atoms with E-state index in [-0.39, 0.29) is 5.75 Å². The molecular formula is C13H22O2Si. The molecule has 0 aromatic heterocycles. The third-order valence-electron chi connectivity index (χ3n) is 3.63. The van der Waals surface area contributed by atoms with E-state index in [0.29, 0.717) is 0 Å². The van der Waals surface area contributed by atoms with Crippen LogP contribution >= 0.6 is 0 Å². The van der Waals surface area contributed by atoms with Crippen LogP contribution in [0.25, 0.3) is 0 Å². The number of ether oxygens (including phenoxy) is 1. The number of aromatic hydroxyl groups is 1. The maximum atomic E-state index is 9.18. The van der Waals surface area contributed by atoms with Crippen molar-refractivity contribution in [2.45, 2.75) is 38.9 Å². The van der Waals surface area contributed by atoms with E-state index < -0.39 is 8.07 Å². The smallest absolute Gasteiger partial charge is 0.119 e. The fourth-order valence-electron chi connectivity index (χ4n) is 1.83. The van der Waals surface area contributed by atoms with Crippen molar-refractivity contribution in [2.75, 3.05) is 6.23 Å². The van der Waals surface area contributed by atoms with Gasteiger partial charge in [-0.3, -0.25) is 0 Å². The number of hydrogen-bond acceptors (Lipinski definition) is 2. The highest BCUT2D eigenvalue weighted by Crippen LogP contribution is 2.23. The van der Waals surface area contributed by atoms with Gasteiger partial charge in [-0.15, -0.1) is 0 Å². The number of benzene rings is 1. The molecule has 1 aromatic carbocycles. The maximum Gasteiger partial charge on any atom is 0.119 e. The molecule has 0 saturated carbocycles. The molecule has 0 fully saturated rings. The van der Waals surface area contributed by atoms with Gasteiger partial charge in [0.15, 0.2) is 0 Å². The molecule has 0 atom stereocenters. The highest BCUT2D eigenvalue weighted by molar-refractivity contribution is 6.79. The molecule has 0 radical (unpaired) electrons. The average Bonchev–Trinajstić information content (AvgIpc) is 2.34. The van der Waals surface area contributed by atoms with Crippen LogP contribution in [0.2, 0.25) is 18.1 Å². The largest absolute Gasteiger partial charge is 0.508 e. The van der Waals surface area contributed by atoms with Gasteiger partial charge in [0, 0.05) is 0 Å². The lowest BCUT2D eigenvalue weighted by molar-refractivity contribution is 0.373. The van der Waals surface area contributed by atoms with Gasteiger partial charge >= 0.3 is 0 Å². The van der Waals surface area contributed by atoms with Gasteiger partial charge in [0.25, 0.3) is 0 Å². The summed E-state index contributed by atoms with van der Waals surface area (Å²) in [5.41, 5.74) is 0. The van der Waals surface area contributed by atoms with E-state index in [1.165, 1.54) is 18.1 Å². The predicted molar refractivity (Wildman–Crippen MR) is 70.8 cm³/mol. The molecule has 0 saturated heterocycles. The molecular weight excluding hydrogens is 216 g/mol. The fourth-order valence-corrected chi connectivity index (χ4v) is 4.42. The van der Waals surface area contributed by atoms with Crippen LogP contribution in [-0.4, -0.2) is 19.4 Å². The zero-order chi connectivity index (χ0) is 12.0. The minimum absolute atomic E-state index is 0.289. The molecule has 0 aliphatic heterocycles. The summed E-state index contributed by atoms with van der Waals surface area (Å²) < 4.78 is 5.85. The van der Waals surface area contributed by atoms with Crippen LogP contribution in [0, 0.1) is 0 Å². The molecule has 0 aliphatic carbocycles. The molecule has 0 bridgehead atoms. The van der Waals surface area contributed by atoms with Gasteiger partial charge in [0.2, 0.25) is 0 Å². The number of rotatable bonds is 6. The van der Waals surface area contributed by atoms with E-state index in [9.17, 15) is 5.11 Å². The molecule has 0 heterocycles. The number of phenols is 1. The van der Waals surface area contributed by atoms with E-state index >= 15 is 0 Å². The normalized spacial score (nSPS) is 11.4. The Bertz CT molecular complexity index is 296. The summed E-state index contributed by atoms with van der Waals surface area (Å²) in [6.07, 6.45) is 0.890. The molecule has 0 aliphatic rings. The lowest BCUT2D eigenvalue weighted by Gasteiger charge is -2.27. The van der Waals surface area contributed by atoms with E-state index in [0.717, 1.165) is 12.0 Å². The first-order valence-corrected chi connectivity index (χ1v) is 8.90. The third-order valence-corrected chi connectivity index (χ3v) is 8.89. The Morgan fingerprint density at radius 1 is 1.00 bits per heavy atom. The van der Waals surface area contributed by atoms with Crippen molar-refractivity contribution in [1.82, 2.24) is 0 Å². The number of phenolic OH excluding ortho intramolecular Hbond substituents is 1. The summed E-state index contributed by atoms with van der Waals surface area (Å²) in [4.78, 5) is 0. The summed E-state index contributed by atoms with van der Waals surface area (Å²) in [5, 5.41) is 9.18. The second-order valence-electron chi connectivity index (χ2n) is 4.34. The van der Waals surface area contributed by atoms with Crippen LogP contribution in [0.5, 0.6) is 11.5 Å². The Morgan fingerprint density at radius 3 is 1.94 bits per heavy atom. The maximum absolute atomic E-state index is 9.18. The topological polar surface area (TPSA) is 29.5 Å². The lowest BCUT2D eigenvalue weighted by atomic mass is 10.3. The Morgan fingerprint density at radius 2 is 1.50 bits per heavy atom. The summed E-state index contributed by atoms with van der Waals surface area (Å²) in [6, 6.07) is 10.8. The van der Waals surface area contributed by atoms with Gasteiger partial charge in [-0.25, -0.2) is 0 Å². The molecule has 0 amide bonds. The molecule has 0 unspecified atom stereocenters. The van der Waals surface area contributed by atoms with Crippen LogP contribution in [0.4, 0.5) is 0 Å². The summed E-state index contributed by atoms with van der Waals surface area (Å²) in [5.74, 6) is 1.15. The van der Waals surface area contributed by atoms with Gasteiger partial charge < -0.3 is 9.84 Å². The van der Waals surface area contributed by atoms with E-state index in [1.807, 2.05) is 12.1 Å². The predicted octanol–water partition coefficient (Wildman–Crippen LogP) is 3.82. The summed E-state index contributed by atoms with van der Waals surface area (Å²) in [6.45, 7) is 6.83. The van der Waals surface area contributed by atoms with Crippen molar-refractivity contribution in [3.8, 4) is 11.5 Å². The first kappa shape index (κ1) is 13.1. The molecule has 1 N–H and O–H groups in total. The Hall–Kier alpha value is -0.963. The minimum Gasteiger partial charge on any atom is -0.508 e. The van der Waals surface area contributed by atoms with Crippen molar-refractivity contribution < 1.29 is 9.84 Å². The molecule has 1 rings (SSSR count). The SMILES string of the molecule is CC[Si](CC)(CC)COc1ccc(O)cc1. The van der Waals surface area contributed by atoms with Crippen molar-refractivity contribution in [3.05, 3.63) is 24.3 Å². The average molecular weight is 238 g/mol. The summed E-state index contributed by atoms with van der Waals surface area (Å²) in [7, 11) is -1.20. The zero-order valence-corrected chi connectivity index (χ0v) is 11.5. The zero-order valence-electron chi connectivity index (χ0n) is 10.5. The fraction of sp³-hybridized carbons (Fsp3) is 0.538. The van der Waals surface area contributed by atoms with Crippen LogP contribution in [0.15, 0.2) is 24.3 Å². The Kier molecular flexibility index (Phi) is 4.87. The second-order valence-corrected chi connectivity index (χ2v) is 9.75. The van der Waals surface area contributed by atoms with Crippen LogP contribution in [0.3, 0.4) is 0 Å². The quantitative estimate of drug-likeness (QED) is 0.763. The highest BCUT2D eigenvalue weighted by Gasteiger charge is 2.27. The van der Waals surface area contributed by atoms with Crippen molar-refractivity contribution in [3.63, 3.8) is 0 Å². The molecule has 1 aromatic rings. The first-order chi connectivity index (χ1) is 7.65. The summed E-state index contributed by atoms with van der Waals surface area (Å²) >= 11 is 0. The number of hydrogen-bond donors (Lipinski definition) is 1. The highest BCUT2D eigenvalue weighted by atomic mass is 28.3. The molecule has 16 heavy (non-hydrogen) atoms. The van der Waals surface area contributed by atoms with Gasteiger partial charge in [0.05, 0.1) is 14.3 Å². The van der Waals surface area contributed by atoms with Crippen LogP contribution < -0.4 is 4.74 Å². The van der Waals surface area contributed by atoms with Gasteiger partial charge in [0.1, 0.15) is 11.5 Å². The van der Waals surface area contributed by atoms with Crippen molar-refractivity contribution in [1.29, 1.82) is 0 Å². The van der Waals surface area contributed by atoms with E-state index in [4.69, 9.17) is 4.74 Å². The minimum atomic E-state index is -1.20. The first-order valence-electron chi connectivity index (χ1n) is 6.07. The van der Waals surface area contributed by atoms with E-state index in [1.54, 1.807) is 12.1 Å². The van der Waals surface area contributed by atoms with Crippen molar-refractivity contribution in [2.24, 2.45) is 0 Å². The van der Waals surface area contributed by atoms with Crippen LogP contribution in [0.1, 0.15) is 20.8 Å². The molecule has 0 spiro atoms. The molecule has 3 heteroatoms. The molecule has 90 valence electrons. The van der Waals surface area contributed by atoms with Crippen molar-refractivity contribution >= 4 is 8.07 Å². The Balaban J connectivity index is 2.58. The van der Waals surface area contributed by atoms with Crippen LogP contribution in [-0.2, 0) is 0 Å². The van der Waals surface area contributed by atoms with Gasteiger partial charge in [-0.05, 0) is 24.3 Å². The monoisotopic (exact) mass is 238 g/mol. The molecule has 2 nitrogen and oxygen atoms in total. The van der Waals surface area contributed by atoms with Gasteiger partial charge in [-0.1, -0.05) is 38.9 Å². The Labute approximate surface area is 99.3 Å². The third kappa shape index (κ3) is 3.27. The van der Waals surface area contributed by atoms with Gasteiger partial charge in [-0.2, -0.15) is 0 Å². The standard InChI is InChI=1S/C13H22O2Si/c1-4-16(5-2,6-3)11-15-13-9-7-12(14)8-10-13/h7-10,14H,4-6,11H2,1-3H3.